The van der Waals surface area contributed by atoms with E-state index >= 15 is 0 Å². The highest BCUT2D eigenvalue weighted by Gasteiger charge is 2.34. The number of guanidine groups is 2. The van der Waals surface area contributed by atoms with Crippen LogP contribution >= 0.6 is 25.3 Å². The third-order valence-electron chi connectivity index (χ3n) is 12.0. The van der Waals surface area contributed by atoms with Crippen LogP contribution in [0.3, 0.4) is 0 Å². The molecule has 27 N–H and O–H groups in total. The second kappa shape index (κ2) is 42.3. The van der Waals surface area contributed by atoms with Gasteiger partial charge >= 0.3 is 11.9 Å². The molecule has 0 aromatic heterocycles. The molecule has 36 nitrogen and oxygen atoms in total. The van der Waals surface area contributed by atoms with E-state index in [4.69, 9.17) is 34.4 Å². The minimum atomic E-state index is -1.88. The lowest BCUT2D eigenvalue weighted by Gasteiger charge is -2.26. The molecule has 0 saturated heterocycles. The van der Waals surface area contributed by atoms with Gasteiger partial charge in [0.2, 0.25) is 65.0 Å². The molecule has 87 heavy (non-hydrogen) atoms. The van der Waals surface area contributed by atoms with Crippen LogP contribution < -0.4 is 92.9 Å². The summed E-state index contributed by atoms with van der Waals surface area (Å²) >= 11 is 8.10. The van der Waals surface area contributed by atoms with E-state index < -0.39 is 176 Å². The third-order valence-corrected chi connectivity index (χ3v) is 12.7. The Morgan fingerprint density at radius 2 is 0.828 bits per heavy atom. The maximum atomic E-state index is 13.8. The van der Waals surface area contributed by atoms with Gasteiger partial charge in [-0.15, -0.1) is 0 Å². The van der Waals surface area contributed by atoms with E-state index in [2.05, 4.69) is 93.7 Å². The molecule has 0 spiro atoms. The molecule has 0 heterocycles. The van der Waals surface area contributed by atoms with Crippen molar-refractivity contribution in [1.82, 2.24) is 58.5 Å². The Balaban J connectivity index is 3.23. The SMILES string of the molecule is NCCCC[C@H](NC(=O)[C@H](CCCN=C(N)N)NC(=O)CNC(=O)[C@H](CCCN=C(N)N)NC(=O)[C@H](CS)NC(=O)[C@H](CO)NC(=O)[C@H](CO)NC(=O)[C@H](Cc1ccccc1)NC(=O)CNC(=O)[C@H](CC(=O)O)NC(=O)[C@H](CS)NC(=O)CN)C(=O)O. The summed E-state index contributed by atoms with van der Waals surface area (Å²) in [5.74, 6) is -15.4. The monoisotopic (exact) mass is 1270 g/mol. The standard InChI is InChI=1S/C49H81N19O17S2/c50-13-5-4-10-28(47(84)85)64-41(78)27(12-7-15-57-49(54)55)60-36(72)19-58-39(76)26(11-6-14-56-48(52)53)63-46(83)34(24-87)68-44(81)32(22-70)67-43(80)31(21-69)66-42(79)29(16-25-8-2-1-3-9-25)61-37(73)20-59-40(77)30(17-38(74)75)65-45(82)33(23-86)62-35(71)18-51/h1-3,8-9,26-34,69-70,86-87H,4-7,10-24,50-51H2,(H,58,76)(H,59,77)(H,60,72)(H,61,73)(H,62,71)(H,63,83)(H,64,78)(H,65,82)(H,66,79)(H,67,80)(H,68,81)(H,74,75)(H,84,85)(H4,52,53,56)(H4,54,55,57)/t26-,27-,28-,29-,30-,31-,32-,33-,34-/m0/s1. The molecule has 38 heteroatoms. The van der Waals surface area contributed by atoms with Crippen molar-refractivity contribution in [3.8, 4) is 0 Å². The van der Waals surface area contributed by atoms with Gasteiger partial charge in [-0.25, -0.2) is 4.79 Å². The molecule has 9 atom stereocenters. The number of benzene rings is 1. The minimum absolute atomic E-state index is 0.0362. The zero-order valence-electron chi connectivity index (χ0n) is 47.4. The number of hydrogen-bond acceptors (Lipinski definition) is 21. The quantitative estimate of drug-likeness (QED) is 0.0125. The number of carboxylic acid groups (broad SMARTS) is 2. The van der Waals surface area contributed by atoms with Gasteiger partial charge in [0.15, 0.2) is 11.9 Å². The zero-order chi connectivity index (χ0) is 65.6. The number of carbonyl (C=O) groups is 13. The summed E-state index contributed by atoms with van der Waals surface area (Å²) in [5.41, 5.74) is 32.8. The first-order chi connectivity index (χ1) is 41.2. The van der Waals surface area contributed by atoms with E-state index in [1.165, 1.54) is 0 Å². The number of nitrogens with zero attached hydrogens (tertiary/aromatic N) is 2. The normalized spacial score (nSPS) is 13.8. The number of carboxylic acids is 2. The van der Waals surface area contributed by atoms with Crippen molar-refractivity contribution in [1.29, 1.82) is 0 Å². The number of hydrogen-bond donors (Lipinski definition) is 23. The Kier molecular flexibility index (Phi) is 37.1. The maximum Gasteiger partial charge on any atom is 0.326 e. The Hall–Kier alpha value is -8.59. The number of aliphatic carboxylic acids is 2. The molecule has 486 valence electrons. The first-order valence-corrected chi connectivity index (χ1v) is 28.2. The molecular formula is C49H81N19O17S2. The Bertz CT molecular complexity index is 2550. The van der Waals surface area contributed by atoms with E-state index in [-0.39, 0.29) is 75.8 Å². The van der Waals surface area contributed by atoms with Gasteiger partial charge in [-0.3, -0.25) is 67.5 Å². The van der Waals surface area contributed by atoms with Crippen LogP contribution in [-0.2, 0) is 68.7 Å². The molecule has 1 rings (SSSR count). The van der Waals surface area contributed by atoms with Crippen molar-refractivity contribution < 1.29 is 82.8 Å². The number of nitrogens with two attached hydrogens (primary N) is 6. The number of carbonyl (C=O) groups excluding carboxylic acids is 11. The average molecular weight is 1270 g/mol. The fourth-order valence-electron chi connectivity index (χ4n) is 7.47. The van der Waals surface area contributed by atoms with Gasteiger partial charge < -0.3 is 113 Å². The van der Waals surface area contributed by atoms with E-state index in [1.807, 2.05) is 0 Å². The summed E-state index contributed by atoms with van der Waals surface area (Å²) < 4.78 is 0. The second-order valence-corrected chi connectivity index (χ2v) is 19.6. The molecule has 0 radical (unpaired) electrons. The van der Waals surface area contributed by atoms with Crippen molar-refractivity contribution in [2.45, 2.75) is 112 Å². The molecule has 1 aromatic rings. The molecular weight excluding hydrogens is 1190 g/mol. The van der Waals surface area contributed by atoms with Crippen molar-refractivity contribution in [3.63, 3.8) is 0 Å². The molecule has 0 aliphatic carbocycles. The van der Waals surface area contributed by atoms with Crippen LogP contribution in [-0.4, -0.2) is 228 Å². The van der Waals surface area contributed by atoms with Crippen LogP contribution in [0.4, 0.5) is 0 Å². The lowest BCUT2D eigenvalue weighted by Crippen LogP contribution is -2.61. The van der Waals surface area contributed by atoms with E-state index in [1.54, 1.807) is 30.3 Å². The number of aliphatic hydroxyl groups excluding tert-OH is 2. The number of aliphatic hydroxyl groups is 2. The van der Waals surface area contributed by atoms with Crippen LogP contribution in [0.25, 0.3) is 0 Å². The molecule has 0 bridgehead atoms. The summed E-state index contributed by atoms with van der Waals surface area (Å²) in [6.07, 6.45) is -0.375. The lowest BCUT2D eigenvalue weighted by atomic mass is 10.0. The van der Waals surface area contributed by atoms with E-state index in [0.717, 1.165) is 0 Å². The second-order valence-electron chi connectivity index (χ2n) is 18.9. The topological polar surface area (TPSA) is 616 Å². The average Bonchev–Trinajstić information content (AvgIpc) is 3.61. The number of amides is 11. The number of unbranched alkanes of at least 4 members (excludes halogenated alkanes) is 1. The van der Waals surface area contributed by atoms with E-state index in [9.17, 15) is 82.8 Å². The van der Waals surface area contributed by atoms with Crippen molar-refractivity contribution in [2.75, 3.05) is 64.0 Å². The first-order valence-electron chi connectivity index (χ1n) is 26.9. The molecule has 0 aliphatic rings. The summed E-state index contributed by atoms with van der Waals surface area (Å²) in [6, 6.07) is -6.14. The van der Waals surface area contributed by atoms with Crippen LogP contribution in [0.2, 0.25) is 0 Å². The van der Waals surface area contributed by atoms with Crippen molar-refractivity contribution in [2.24, 2.45) is 44.4 Å². The Morgan fingerprint density at radius 3 is 1.28 bits per heavy atom. The van der Waals surface area contributed by atoms with Crippen LogP contribution in [0.1, 0.15) is 56.9 Å². The van der Waals surface area contributed by atoms with Gasteiger partial charge in [-0.1, -0.05) is 30.3 Å². The predicted octanol–water partition coefficient (Wildman–Crippen LogP) is -10.6. The Labute approximate surface area is 510 Å². The van der Waals surface area contributed by atoms with Gasteiger partial charge in [0.05, 0.1) is 39.3 Å². The van der Waals surface area contributed by atoms with Crippen molar-refractivity contribution in [3.05, 3.63) is 35.9 Å². The van der Waals surface area contributed by atoms with Gasteiger partial charge in [-0.05, 0) is 57.1 Å². The maximum absolute atomic E-state index is 13.8. The van der Waals surface area contributed by atoms with Gasteiger partial charge in [-0.2, -0.15) is 25.3 Å². The van der Waals surface area contributed by atoms with Gasteiger partial charge in [0.25, 0.3) is 0 Å². The number of rotatable bonds is 43. The predicted molar refractivity (Wildman–Crippen MR) is 317 cm³/mol. The van der Waals surface area contributed by atoms with Gasteiger partial charge in [0.1, 0.15) is 54.4 Å². The zero-order valence-corrected chi connectivity index (χ0v) is 49.2. The largest absolute Gasteiger partial charge is 0.481 e. The lowest BCUT2D eigenvalue weighted by molar-refractivity contribution is -0.142. The number of aliphatic imine (C=N–C) groups is 2. The molecule has 1 aromatic carbocycles. The van der Waals surface area contributed by atoms with Crippen LogP contribution in [0.15, 0.2) is 40.3 Å². The molecule has 0 fully saturated rings. The highest BCUT2D eigenvalue weighted by Crippen LogP contribution is 2.08. The molecule has 0 unspecified atom stereocenters. The summed E-state index contributed by atoms with van der Waals surface area (Å²) in [6.45, 7) is -4.15. The number of thiol groups is 2. The molecule has 0 aliphatic heterocycles. The number of nitrogens with one attached hydrogen (secondary N) is 11. The summed E-state index contributed by atoms with van der Waals surface area (Å²) in [5, 5.41) is 64.7. The molecule has 11 amide bonds. The minimum Gasteiger partial charge on any atom is -0.481 e. The highest BCUT2D eigenvalue weighted by atomic mass is 32.1. The van der Waals surface area contributed by atoms with Crippen LogP contribution in [0.5, 0.6) is 0 Å². The smallest absolute Gasteiger partial charge is 0.326 e. The highest BCUT2D eigenvalue weighted by molar-refractivity contribution is 7.80. The fraction of sp³-hybridized carbons (Fsp3) is 0.571. The third kappa shape index (κ3) is 31.4. The van der Waals surface area contributed by atoms with E-state index in [0.29, 0.717) is 18.4 Å². The van der Waals surface area contributed by atoms with Crippen molar-refractivity contribution >= 4 is 114 Å². The fourth-order valence-corrected chi connectivity index (χ4v) is 7.99. The summed E-state index contributed by atoms with van der Waals surface area (Å²) in [7, 11) is 0. The molecule has 0 saturated carbocycles. The summed E-state index contributed by atoms with van der Waals surface area (Å²) in [4.78, 5) is 177. The Morgan fingerprint density at radius 1 is 0.448 bits per heavy atom. The van der Waals surface area contributed by atoms with Gasteiger partial charge in [0, 0.05) is 31.0 Å². The van der Waals surface area contributed by atoms with Crippen LogP contribution in [0, 0.1) is 0 Å². The first kappa shape index (κ1) is 76.4.